The molecule has 1 atom stereocenters. The van der Waals surface area contributed by atoms with Gasteiger partial charge in [-0.15, -0.1) is 6.58 Å². The molecule has 72 valence electrons. The van der Waals surface area contributed by atoms with E-state index in [-0.39, 0.29) is 12.3 Å². The van der Waals surface area contributed by atoms with Gasteiger partial charge in [-0.3, -0.25) is 0 Å². The standard InChI is InChI=1S/C9H19NO2/c1-5-7-10-8(6-2)9(11-3)12-4/h6,8-10H,2,5,7H2,1,3-4H3. The molecule has 0 rings (SSSR count). The van der Waals surface area contributed by atoms with Crippen molar-refractivity contribution in [3.8, 4) is 0 Å². The van der Waals surface area contributed by atoms with E-state index < -0.39 is 0 Å². The van der Waals surface area contributed by atoms with Crippen LogP contribution in [-0.4, -0.2) is 33.1 Å². The molecule has 3 heteroatoms. The Morgan fingerprint density at radius 2 is 2.00 bits per heavy atom. The van der Waals surface area contributed by atoms with Gasteiger partial charge < -0.3 is 14.8 Å². The maximum Gasteiger partial charge on any atom is 0.175 e. The lowest BCUT2D eigenvalue weighted by atomic mass is 10.2. The summed E-state index contributed by atoms with van der Waals surface area (Å²) < 4.78 is 10.2. The van der Waals surface area contributed by atoms with Gasteiger partial charge in [-0.2, -0.15) is 0 Å². The van der Waals surface area contributed by atoms with Crippen LogP contribution in [0.4, 0.5) is 0 Å². The minimum Gasteiger partial charge on any atom is -0.354 e. The molecule has 0 fully saturated rings. The van der Waals surface area contributed by atoms with Gasteiger partial charge in [0.05, 0.1) is 6.04 Å². The highest BCUT2D eigenvalue weighted by Gasteiger charge is 2.15. The Hall–Kier alpha value is -0.380. The number of nitrogens with one attached hydrogen (secondary N) is 1. The fourth-order valence-electron chi connectivity index (χ4n) is 0.991. The van der Waals surface area contributed by atoms with Crippen molar-refractivity contribution >= 4 is 0 Å². The summed E-state index contributed by atoms with van der Waals surface area (Å²) in [5, 5.41) is 3.25. The van der Waals surface area contributed by atoms with Crippen molar-refractivity contribution in [1.29, 1.82) is 0 Å². The zero-order chi connectivity index (χ0) is 9.40. The average molecular weight is 173 g/mol. The smallest absolute Gasteiger partial charge is 0.175 e. The molecule has 0 spiro atoms. The Balaban J connectivity index is 3.84. The molecule has 0 radical (unpaired) electrons. The summed E-state index contributed by atoms with van der Waals surface area (Å²) in [5.74, 6) is 0. The molecule has 0 aromatic heterocycles. The van der Waals surface area contributed by atoms with Gasteiger partial charge in [0.1, 0.15) is 0 Å². The predicted molar refractivity (Wildman–Crippen MR) is 50.1 cm³/mol. The minimum atomic E-state index is -0.242. The lowest BCUT2D eigenvalue weighted by Gasteiger charge is -2.22. The van der Waals surface area contributed by atoms with E-state index in [4.69, 9.17) is 9.47 Å². The van der Waals surface area contributed by atoms with E-state index in [1.165, 1.54) is 0 Å². The fourth-order valence-corrected chi connectivity index (χ4v) is 0.991. The second-order valence-electron chi connectivity index (χ2n) is 2.56. The predicted octanol–water partition coefficient (Wildman–Crippen LogP) is 1.16. The first-order chi connectivity index (χ1) is 5.79. The van der Waals surface area contributed by atoms with E-state index in [1.54, 1.807) is 20.3 Å². The summed E-state index contributed by atoms with van der Waals surface area (Å²) in [5.41, 5.74) is 0. The molecule has 0 amide bonds. The molecule has 0 saturated carbocycles. The van der Waals surface area contributed by atoms with E-state index in [9.17, 15) is 0 Å². The Bertz CT molecular complexity index is 113. The summed E-state index contributed by atoms with van der Waals surface area (Å²) >= 11 is 0. The highest BCUT2D eigenvalue weighted by atomic mass is 16.7. The van der Waals surface area contributed by atoms with Crippen LogP contribution < -0.4 is 5.32 Å². The van der Waals surface area contributed by atoms with Crippen LogP contribution in [0.1, 0.15) is 13.3 Å². The first-order valence-corrected chi connectivity index (χ1v) is 4.21. The van der Waals surface area contributed by atoms with Gasteiger partial charge in [-0.05, 0) is 13.0 Å². The van der Waals surface area contributed by atoms with Crippen LogP contribution >= 0.6 is 0 Å². The first kappa shape index (κ1) is 11.6. The minimum absolute atomic E-state index is 0.0694. The zero-order valence-electron chi connectivity index (χ0n) is 8.17. The molecule has 1 N–H and O–H groups in total. The van der Waals surface area contributed by atoms with Crippen LogP contribution in [0.2, 0.25) is 0 Å². The third kappa shape index (κ3) is 3.85. The molecule has 0 aromatic carbocycles. The van der Waals surface area contributed by atoms with E-state index >= 15 is 0 Å². The fraction of sp³-hybridized carbons (Fsp3) is 0.778. The number of methoxy groups -OCH3 is 2. The quantitative estimate of drug-likeness (QED) is 0.463. The lowest BCUT2D eigenvalue weighted by molar-refractivity contribution is -0.113. The van der Waals surface area contributed by atoms with E-state index in [1.807, 2.05) is 0 Å². The second kappa shape index (κ2) is 7.28. The van der Waals surface area contributed by atoms with Gasteiger partial charge in [0, 0.05) is 14.2 Å². The molecular formula is C9H19NO2. The van der Waals surface area contributed by atoms with Gasteiger partial charge in [0.15, 0.2) is 6.29 Å². The van der Waals surface area contributed by atoms with Gasteiger partial charge in [0.2, 0.25) is 0 Å². The monoisotopic (exact) mass is 173 g/mol. The van der Waals surface area contributed by atoms with Crippen molar-refractivity contribution in [2.45, 2.75) is 25.7 Å². The summed E-state index contributed by atoms with van der Waals surface area (Å²) in [6, 6.07) is 0.0694. The van der Waals surface area contributed by atoms with Crippen LogP contribution in [0.25, 0.3) is 0 Å². The second-order valence-corrected chi connectivity index (χ2v) is 2.56. The van der Waals surface area contributed by atoms with Gasteiger partial charge >= 0.3 is 0 Å². The van der Waals surface area contributed by atoms with E-state index in [0.717, 1.165) is 13.0 Å². The van der Waals surface area contributed by atoms with Crippen LogP contribution in [0.15, 0.2) is 12.7 Å². The first-order valence-electron chi connectivity index (χ1n) is 4.21. The molecule has 3 nitrogen and oxygen atoms in total. The molecule has 0 aliphatic carbocycles. The summed E-state index contributed by atoms with van der Waals surface area (Å²) in [4.78, 5) is 0. The van der Waals surface area contributed by atoms with Crippen LogP contribution in [0.5, 0.6) is 0 Å². The van der Waals surface area contributed by atoms with Crippen molar-refractivity contribution in [2.24, 2.45) is 0 Å². The van der Waals surface area contributed by atoms with Gasteiger partial charge in [-0.25, -0.2) is 0 Å². The van der Waals surface area contributed by atoms with Crippen LogP contribution in [0.3, 0.4) is 0 Å². The molecule has 1 unspecified atom stereocenters. The molecule has 0 heterocycles. The average Bonchev–Trinajstić information content (AvgIpc) is 2.12. The summed E-state index contributed by atoms with van der Waals surface area (Å²) in [7, 11) is 3.25. The normalized spacial score (nSPS) is 13.3. The van der Waals surface area contributed by atoms with Crippen molar-refractivity contribution in [1.82, 2.24) is 5.32 Å². The molecular weight excluding hydrogens is 154 g/mol. The largest absolute Gasteiger partial charge is 0.354 e. The Kier molecular flexibility index (Phi) is 7.05. The van der Waals surface area contributed by atoms with Crippen molar-refractivity contribution < 1.29 is 9.47 Å². The third-order valence-corrected chi connectivity index (χ3v) is 1.64. The number of ether oxygens (including phenoxy) is 2. The Labute approximate surface area is 74.7 Å². The SMILES string of the molecule is C=CC(NCCC)C(OC)OC. The maximum atomic E-state index is 5.09. The Morgan fingerprint density at radius 1 is 1.42 bits per heavy atom. The third-order valence-electron chi connectivity index (χ3n) is 1.64. The Morgan fingerprint density at radius 3 is 2.33 bits per heavy atom. The van der Waals surface area contributed by atoms with Crippen molar-refractivity contribution in [3.05, 3.63) is 12.7 Å². The molecule has 12 heavy (non-hydrogen) atoms. The van der Waals surface area contributed by atoms with Crippen molar-refractivity contribution in [2.75, 3.05) is 20.8 Å². The number of hydrogen-bond acceptors (Lipinski definition) is 3. The lowest BCUT2D eigenvalue weighted by Crippen LogP contribution is -2.40. The molecule has 0 bridgehead atoms. The highest BCUT2D eigenvalue weighted by Crippen LogP contribution is 2.00. The zero-order valence-corrected chi connectivity index (χ0v) is 8.17. The number of hydrogen-bond donors (Lipinski definition) is 1. The van der Waals surface area contributed by atoms with Crippen molar-refractivity contribution in [3.63, 3.8) is 0 Å². The van der Waals surface area contributed by atoms with Crippen LogP contribution in [-0.2, 0) is 9.47 Å². The molecule has 0 aromatic rings. The topological polar surface area (TPSA) is 30.5 Å². The summed E-state index contributed by atoms with van der Waals surface area (Å²) in [6.07, 6.45) is 2.65. The van der Waals surface area contributed by atoms with Crippen LogP contribution in [0, 0.1) is 0 Å². The van der Waals surface area contributed by atoms with Gasteiger partial charge in [-0.1, -0.05) is 13.0 Å². The molecule has 0 aliphatic rings. The maximum absolute atomic E-state index is 5.09. The summed E-state index contributed by atoms with van der Waals surface area (Å²) in [6.45, 7) is 6.77. The van der Waals surface area contributed by atoms with Gasteiger partial charge in [0.25, 0.3) is 0 Å². The molecule has 0 saturated heterocycles. The highest BCUT2D eigenvalue weighted by molar-refractivity contribution is 4.88. The number of rotatable bonds is 7. The van der Waals surface area contributed by atoms with E-state index in [2.05, 4.69) is 18.8 Å². The van der Waals surface area contributed by atoms with E-state index in [0.29, 0.717) is 0 Å². The molecule has 0 aliphatic heterocycles.